The van der Waals surface area contributed by atoms with Gasteiger partial charge in [0.1, 0.15) is 5.75 Å². The lowest BCUT2D eigenvalue weighted by atomic mass is 10.1. The average Bonchev–Trinajstić information content (AvgIpc) is 2.39. The number of nitrogens with one attached hydrogen (secondary N) is 1. The maximum Gasteiger partial charge on any atom is 0.142 e. The van der Waals surface area contributed by atoms with E-state index in [1.54, 1.807) is 7.11 Å². The minimum Gasteiger partial charge on any atom is -0.495 e. The minimum atomic E-state index is 0.491. The molecule has 1 aliphatic heterocycles. The molecule has 1 N–H and O–H groups in total. The molecule has 0 radical (unpaired) electrons. The van der Waals surface area contributed by atoms with Crippen LogP contribution in [-0.2, 0) is 0 Å². The highest BCUT2D eigenvalue weighted by atomic mass is 16.5. The van der Waals surface area contributed by atoms with Gasteiger partial charge < -0.3 is 19.9 Å². The number of para-hydroxylation sites is 2. The second-order valence-corrected chi connectivity index (χ2v) is 4.99. The van der Waals surface area contributed by atoms with Crippen molar-refractivity contribution in [3.63, 3.8) is 0 Å². The standard InChI is InChI=1S/C14H23N3O/c1-16(2)11-12-10-15-8-9-17(12)13-6-4-5-7-14(13)18-3/h4-7,12,15H,8-11H2,1-3H3. The number of rotatable bonds is 4. The van der Waals surface area contributed by atoms with Crippen LogP contribution in [0.15, 0.2) is 24.3 Å². The van der Waals surface area contributed by atoms with Crippen molar-refractivity contribution in [3.05, 3.63) is 24.3 Å². The van der Waals surface area contributed by atoms with Gasteiger partial charge in [-0.2, -0.15) is 0 Å². The van der Waals surface area contributed by atoms with Crippen molar-refractivity contribution < 1.29 is 4.74 Å². The van der Waals surface area contributed by atoms with Gasteiger partial charge >= 0.3 is 0 Å². The first-order valence-corrected chi connectivity index (χ1v) is 6.47. The van der Waals surface area contributed by atoms with Crippen LogP contribution in [0.4, 0.5) is 5.69 Å². The van der Waals surface area contributed by atoms with Crippen molar-refractivity contribution in [1.82, 2.24) is 10.2 Å². The molecule has 0 saturated carbocycles. The zero-order chi connectivity index (χ0) is 13.0. The molecule has 1 aromatic rings. The van der Waals surface area contributed by atoms with Crippen LogP contribution >= 0.6 is 0 Å². The Labute approximate surface area is 110 Å². The number of ether oxygens (including phenoxy) is 1. The molecule has 1 unspecified atom stereocenters. The van der Waals surface area contributed by atoms with E-state index in [0.29, 0.717) is 6.04 Å². The van der Waals surface area contributed by atoms with Gasteiger partial charge in [0.05, 0.1) is 18.8 Å². The van der Waals surface area contributed by atoms with Crippen LogP contribution in [0.3, 0.4) is 0 Å². The van der Waals surface area contributed by atoms with Crippen LogP contribution in [0.1, 0.15) is 0 Å². The lowest BCUT2D eigenvalue weighted by Crippen LogP contribution is -2.55. The topological polar surface area (TPSA) is 27.7 Å². The van der Waals surface area contributed by atoms with E-state index in [1.165, 1.54) is 5.69 Å². The molecular weight excluding hydrogens is 226 g/mol. The van der Waals surface area contributed by atoms with Crippen molar-refractivity contribution in [3.8, 4) is 5.75 Å². The maximum atomic E-state index is 5.48. The Hall–Kier alpha value is -1.26. The molecule has 0 aromatic heterocycles. The summed E-state index contributed by atoms with van der Waals surface area (Å²) in [5.74, 6) is 0.961. The molecule has 100 valence electrons. The highest BCUT2D eigenvalue weighted by Crippen LogP contribution is 2.29. The number of anilines is 1. The summed E-state index contributed by atoms with van der Waals surface area (Å²) in [7, 11) is 5.98. The number of benzene rings is 1. The summed E-state index contributed by atoms with van der Waals surface area (Å²) in [6.45, 7) is 4.13. The van der Waals surface area contributed by atoms with Gasteiger partial charge in [0.2, 0.25) is 0 Å². The third kappa shape index (κ3) is 2.94. The summed E-state index contributed by atoms with van der Waals surface area (Å²) < 4.78 is 5.48. The predicted octanol–water partition coefficient (Wildman–Crippen LogP) is 1.03. The van der Waals surface area contributed by atoms with Gasteiger partial charge in [-0.25, -0.2) is 0 Å². The first-order valence-electron chi connectivity index (χ1n) is 6.47. The largest absolute Gasteiger partial charge is 0.495 e. The molecule has 0 spiro atoms. The summed E-state index contributed by atoms with van der Waals surface area (Å²) in [5, 5.41) is 3.47. The monoisotopic (exact) mass is 249 g/mol. The Morgan fingerprint density at radius 3 is 2.89 bits per heavy atom. The summed E-state index contributed by atoms with van der Waals surface area (Å²) in [6, 6.07) is 8.76. The highest BCUT2D eigenvalue weighted by molar-refractivity contribution is 5.59. The molecule has 0 bridgehead atoms. The van der Waals surface area contributed by atoms with E-state index in [9.17, 15) is 0 Å². The van der Waals surface area contributed by atoms with Crippen LogP contribution in [0.2, 0.25) is 0 Å². The van der Waals surface area contributed by atoms with Crippen LogP contribution in [0, 0.1) is 0 Å². The number of methoxy groups -OCH3 is 1. The van der Waals surface area contributed by atoms with Crippen molar-refractivity contribution in [2.45, 2.75) is 6.04 Å². The summed E-state index contributed by atoms with van der Waals surface area (Å²) in [5.41, 5.74) is 1.20. The Kier molecular flexibility index (Phi) is 4.44. The molecule has 2 rings (SSSR count). The fourth-order valence-corrected chi connectivity index (χ4v) is 2.53. The quantitative estimate of drug-likeness (QED) is 0.863. The highest BCUT2D eigenvalue weighted by Gasteiger charge is 2.24. The molecule has 18 heavy (non-hydrogen) atoms. The number of piperazine rings is 1. The summed E-state index contributed by atoms with van der Waals surface area (Å²) >= 11 is 0. The number of hydrogen-bond donors (Lipinski definition) is 1. The van der Waals surface area contributed by atoms with E-state index >= 15 is 0 Å². The summed E-state index contributed by atoms with van der Waals surface area (Å²) in [4.78, 5) is 4.69. The van der Waals surface area contributed by atoms with Crippen molar-refractivity contribution in [1.29, 1.82) is 0 Å². The maximum absolute atomic E-state index is 5.48. The molecule has 1 atom stereocenters. The fourth-order valence-electron chi connectivity index (χ4n) is 2.53. The minimum absolute atomic E-state index is 0.491. The average molecular weight is 249 g/mol. The van der Waals surface area contributed by atoms with Gasteiger partial charge in [0.15, 0.2) is 0 Å². The van der Waals surface area contributed by atoms with E-state index in [2.05, 4.69) is 41.3 Å². The van der Waals surface area contributed by atoms with Crippen molar-refractivity contribution in [2.24, 2.45) is 0 Å². The van der Waals surface area contributed by atoms with E-state index < -0.39 is 0 Å². The molecular formula is C14H23N3O. The predicted molar refractivity (Wildman–Crippen MR) is 75.6 cm³/mol. The first kappa shape index (κ1) is 13.2. The fraction of sp³-hybridized carbons (Fsp3) is 0.571. The lowest BCUT2D eigenvalue weighted by Gasteiger charge is -2.39. The Balaban J connectivity index is 2.22. The second-order valence-electron chi connectivity index (χ2n) is 4.99. The number of hydrogen-bond acceptors (Lipinski definition) is 4. The zero-order valence-electron chi connectivity index (χ0n) is 11.5. The first-order chi connectivity index (χ1) is 8.72. The third-order valence-corrected chi connectivity index (χ3v) is 3.32. The normalized spacial score (nSPS) is 20.2. The summed E-state index contributed by atoms with van der Waals surface area (Å²) in [6.07, 6.45) is 0. The SMILES string of the molecule is COc1ccccc1N1CCNCC1CN(C)C. The second kappa shape index (κ2) is 6.07. The van der Waals surface area contributed by atoms with Crippen LogP contribution < -0.4 is 15.0 Å². The molecule has 1 aromatic carbocycles. The molecule has 1 saturated heterocycles. The van der Waals surface area contributed by atoms with Gasteiger partial charge in [0, 0.05) is 26.2 Å². The molecule has 0 aliphatic carbocycles. The van der Waals surface area contributed by atoms with Crippen molar-refractivity contribution >= 4 is 5.69 Å². The molecule has 0 amide bonds. The molecule has 1 fully saturated rings. The molecule has 4 heteroatoms. The molecule has 1 heterocycles. The van der Waals surface area contributed by atoms with E-state index in [1.807, 2.05) is 12.1 Å². The zero-order valence-corrected chi connectivity index (χ0v) is 11.5. The Bertz CT molecular complexity index is 381. The third-order valence-electron chi connectivity index (χ3n) is 3.32. The van der Waals surface area contributed by atoms with Crippen molar-refractivity contribution in [2.75, 3.05) is 52.3 Å². The molecule has 1 aliphatic rings. The van der Waals surface area contributed by atoms with E-state index in [-0.39, 0.29) is 0 Å². The number of likely N-dealkylation sites (N-methyl/N-ethyl adjacent to an activating group) is 1. The Morgan fingerprint density at radius 1 is 1.39 bits per heavy atom. The van der Waals surface area contributed by atoms with E-state index in [4.69, 9.17) is 4.74 Å². The van der Waals surface area contributed by atoms with Gasteiger partial charge in [-0.1, -0.05) is 12.1 Å². The van der Waals surface area contributed by atoms with Crippen LogP contribution in [0.5, 0.6) is 5.75 Å². The smallest absolute Gasteiger partial charge is 0.142 e. The number of nitrogens with zero attached hydrogens (tertiary/aromatic N) is 2. The molecule has 4 nitrogen and oxygen atoms in total. The van der Waals surface area contributed by atoms with Gasteiger partial charge in [-0.15, -0.1) is 0 Å². The lowest BCUT2D eigenvalue weighted by molar-refractivity contribution is 0.333. The van der Waals surface area contributed by atoms with E-state index in [0.717, 1.165) is 31.9 Å². The van der Waals surface area contributed by atoms with Gasteiger partial charge in [0.25, 0.3) is 0 Å². The van der Waals surface area contributed by atoms with Gasteiger partial charge in [-0.3, -0.25) is 0 Å². The van der Waals surface area contributed by atoms with Gasteiger partial charge in [-0.05, 0) is 26.2 Å². The van der Waals surface area contributed by atoms with Crippen LogP contribution in [0.25, 0.3) is 0 Å². The van der Waals surface area contributed by atoms with Crippen LogP contribution in [-0.4, -0.2) is 58.3 Å². The Morgan fingerprint density at radius 2 is 2.17 bits per heavy atom.